The Bertz CT molecular complexity index is 816. The molecule has 7 heteroatoms. The van der Waals surface area contributed by atoms with E-state index < -0.39 is 17.9 Å². The average molecular weight is 348 g/mol. The summed E-state index contributed by atoms with van der Waals surface area (Å²) in [7, 11) is 2.94. The Kier molecular flexibility index (Phi) is 6.03. The molecule has 0 radical (unpaired) electrons. The fourth-order valence-electron chi connectivity index (χ4n) is 2.46. The molecule has 0 aliphatic rings. The molecule has 1 heterocycles. The molecule has 0 saturated carbocycles. The number of methoxy groups -OCH3 is 1. The second kappa shape index (κ2) is 8.01. The van der Waals surface area contributed by atoms with E-state index in [-0.39, 0.29) is 11.1 Å². The normalized spacial score (nSPS) is 12.0. The van der Waals surface area contributed by atoms with E-state index in [1.165, 1.54) is 17.7 Å². The zero-order valence-corrected chi connectivity index (χ0v) is 14.7. The molecule has 24 heavy (non-hydrogen) atoms. The van der Waals surface area contributed by atoms with Crippen LogP contribution in [0.3, 0.4) is 0 Å². The lowest BCUT2D eigenvalue weighted by Crippen LogP contribution is -2.42. The molecule has 2 aromatic rings. The molecule has 1 unspecified atom stereocenters. The van der Waals surface area contributed by atoms with Crippen molar-refractivity contribution in [2.45, 2.75) is 12.5 Å². The summed E-state index contributed by atoms with van der Waals surface area (Å²) in [6, 6.07) is 7.71. The molecule has 1 amide bonds. The third-order valence-corrected chi connectivity index (χ3v) is 4.44. The molecule has 0 aliphatic heterocycles. The lowest BCUT2D eigenvalue weighted by molar-refractivity contribution is -0.142. The zero-order chi connectivity index (χ0) is 17.7. The Balaban J connectivity index is 2.38. The lowest BCUT2D eigenvalue weighted by Gasteiger charge is -2.17. The van der Waals surface area contributed by atoms with Gasteiger partial charge in [0.2, 0.25) is 0 Å². The number of esters is 1. The smallest absolute Gasteiger partial charge is 0.328 e. The monoisotopic (exact) mass is 348 g/mol. The summed E-state index contributed by atoms with van der Waals surface area (Å²) in [5.74, 6) is -0.247. The summed E-state index contributed by atoms with van der Waals surface area (Å²) in [5, 5.41) is 3.34. The minimum Gasteiger partial charge on any atom is -0.467 e. The lowest BCUT2D eigenvalue weighted by atomic mass is 10.1. The van der Waals surface area contributed by atoms with Crippen molar-refractivity contribution in [2.75, 3.05) is 19.1 Å². The van der Waals surface area contributed by atoms with E-state index >= 15 is 0 Å². The Morgan fingerprint density at radius 3 is 2.71 bits per heavy atom. The highest BCUT2D eigenvalue weighted by Crippen LogP contribution is 2.16. The Morgan fingerprint density at radius 2 is 2.04 bits per heavy atom. The Hall–Kier alpha value is -2.28. The van der Waals surface area contributed by atoms with Crippen LogP contribution in [0.2, 0.25) is 0 Å². The molecular weight excluding hydrogens is 328 g/mol. The SMILES string of the molecule is COC(=O)C(CCSC)NC(=O)c1cc(=O)n(C)c2ccccc12. The maximum Gasteiger partial charge on any atom is 0.328 e. The van der Waals surface area contributed by atoms with Gasteiger partial charge in [-0.15, -0.1) is 0 Å². The predicted molar refractivity (Wildman–Crippen MR) is 95.5 cm³/mol. The van der Waals surface area contributed by atoms with Gasteiger partial charge in [-0.1, -0.05) is 18.2 Å². The molecule has 1 N–H and O–H groups in total. The molecule has 2 rings (SSSR count). The van der Waals surface area contributed by atoms with Crippen LogP contribution >= 0.6 is 11.8 Å². The van der Waals surface area contributed by atoms with E-state index in [1.807, 2.05) is 6.26 Å². The van der Waals surface area contributed by atoms with Gasteiger partial charge in [-0.05, 0) is 24.5 Å². The maximum absolute atomic E-state index is 12.6. The minimum absolute atomic E-state index is 0.256. The van der Waals surface area contributed by atoms with Gasteiger partial charge in [-0.3, -0.25) is 9.59 Å². The number of rotatable bonds is 6. The molecule has 0 spiro atoms. The average Bonchev–Trinajstić information content (AvgIpc) is 2.60. The van der Waals surface area contributed by atoms with Crippen LogP contribution in [0.1, 0.15) is 16.8 Å². The topological polar surface area (TPSA) is 77.4 Å². The number of ether oxygens (including phenoxy) is 1. The third kappa shape index (κ3) is 3.79. The number of aromatic nitrogens is 1. The van der Waals surface area contributed by atoms with Gasteiger partial charge in [0.25, 0.3) is 11.5 Å². The van der Waals surface area contributed by atoms with Crippen LogP contribution in [0.25, 0.3) is 10.9 Å². The zero-order valence-electron chi connectivity index (χ0n) is 13.9. The second-order valence-corrected chi connectivity index (χ2v) is 6.29. The maximum atomic E-state index is 12.6. The van der Waals surface area contributed by atoms with E-state index in [1.54, 1.807) is 43.1 Å². The van der Waals surface area contributed by atoms with Crippen LogP contribution in [0, 0.1) is 0 Å². The van der Waals surface area contributed by atoms with Crippen molar-refractivity contribution in [3.63, 3.8) is 0 Å². The van der Waals surface area contributed by atoms with Gasteiger partial charge < -0.3 is 14.6 Å². The van der Waals surface area contributed by atoms with Crippen molar-refractivity contribution >= 4 is 34.5 Å². The second-order valence-electron chi connectivity index (χ2n) is 5.30. The standard InChI is InChI=1S/C17H20N2O4S/c1-19-14-7-5-4-6-11(14)12(10-15(19)20)16(21)18-13(8-9-24-3)17(22)23-2/h4-7,10,13H,8-9H2,1-3H3,(H,18,21). The number of amides is 1. The molecule has 1 aromatic carbocycles. The minimum atomic E-state index is -0.738. The fraction of sp³-hybridized carbons (Fsp3) is 0.353. The number of pyridine rings is 1. The summed E-state index contributed by atoms with van der Waals surface area (Å²) in [4.78, 5) is 36.6. The molecule has 1 atom stereocenters. The number of aryl methyl sites for hydroxylation is 1. The molecule has 1 aromatic heterocycles. The first-order valence-corrected chi connectivity index (χ1v) is 8.85. The largest absolute Gasteiger partial charge is 0.467 e. The first-order valence-electron chi connectivity index (χ1n) is 7.46. The predicted octanol–water partition coefficient (Wildman–Crippen LogP) is 1.56. The number of fused-ring (bicyclic) bond motifs is 1. The van der Waals surface area contributed by atoms with Gasteiger partial charge in [0.15, 0.2) is 0 Å². The van der Waals surface area contributed by atoms with E-state index in [4.69, 9.17) is 4.74 Å². The van der Waals surface area contributed by atoms with E-state index in [0.717, 1.165) is 0 Å². The van der Waals surface area contributed by atoms with E-state index in [0.29, 0.717) is 23.1 Å². The summed E-state index contributed by atoms with van der Waals surface area (Å²) in [6.07, 6.45) is 2.38. The number of hydrogen-bond donors (Lipinski definition) is 1. The van der Waals surface area contributed by atoms with Gasteiger partial charge in [-0.25, -0.2) is 4.79 Å². The number of thioether (sulfide) groups is 1. The van der Waals surface area contributed by atoms with Crippen LogP contribution < -0.4 is 10.9 Å². The van der Waals surface area contributed by atoms with Crippen LogP contribution in [0.15, 0.2) is 35.1 Å². The molecule has 0 fully saturated rings. The van der Waals surface area contributed by atoms with Gasteiger partial charge in [-0.2, -0.15) is 11.8 Å². The van der Waals surface area contributed by atoms with Gasteiger partial charge in [0, 0.05) is 18.5 Å². The number of carbonyl (C=O) groups excluding carboxylic acids is 2. The van der Waals surface area contributed by atoms with Crippen LogP contribution in [-0.4, -0.2) is 41.6 Å². The Labute approximate surface area is 144 Å². The molecule has 6 nitrogen and oxygen atoms in total. The summed E-state index contributed by atoms with van der Waals surface area (Å²) in [5.41, 5.74) is 0.637. The van der Waals surface area contributed by atoms with Crippen molar-refractivity contribution in [3.05, 3.63) is 46.2 Å². The van der Waals surface area contributed by atoms with Crippen molar-refractivity contribution in [2.24, 2.45) is 7.05 Å². The van der Waals surface area contributed by atoms with Crippen LogP contribution in [-0.2, 0) is 16.6 Å². The van der Waals surface area contributed by atoms with Crippen molar-refractivity contribution in [1.82, 2.24) is 9.88 Å². The van der Waals surface area contributed by atoms with Crippen molar-refractivity contribution in [1.29, 1.82) is 0 Å². The number of carbonyl (C=O) groups is 2. The number of nitrogens with one attached hydrogen (secondary N) is 1. The van der Waals surface area contributed by atoms with Crippen LogP contribution in [0.5, 0.6) is 0 Å². The van der Waals surface area contributed by atoms with Crippen molar-refractivity contribution in [3.8, 4) is 0 Å². The van der Waals surface area contributed by atoms with Gasteiger partial charge >= 0.3 is 5.97 Å². The summed E-state index contributed by atoms with van der Waals surface area (Å²) < 4.78 is 6.23. The van der Waals surface area contributed by atoms with Crippen molar-refractivity contribution < 1.29 is 14.3 Å². The first kappa shape index (κ1) is 18.1. The van der Waals surface area contributed by atoms with E-state index in [9.17, 15) is 14.4 Å². The first-order chi connectivity index (χ1) is 11.5. The molecule has 0 saturated heterocycles. The van der Waals surface area contributed by atoms with Gasteiger partial charge in [0.05, 0.1) is 18.2 Å². The van der Waals surface area contributed by atoms with E-state index in [2.05, 4.69) is 5.32 Å². The number of benzene rings is 1. The molecular formula is C17H20N2O4S. The van der Waals surface area contributed by atoms with Gasteiger partial charge in [0.1, 0.15) is 6.04 Å². The summed E-state index contributed by atoms with van der Waals surface area (Å²) in [6.45, 7) is 0. The Morgan fingerprint density at radius 1 is 1.33 bits per heavy atom. The molecule has 0 bridgehead atoms. The quantitative estimate of drug-likeness (QED) is 0.802. The highest BCUT2D eigenvalue weighted by molar-refractivity contribution is 7.98. The molecule has 128 valence electrons. The highest BCUT2D eigenvalue weighted by atomic mass is 32.2. The third-order valence-electron chi connectivity index (χ3n) is 3.80. The summed E-state index contributed by atoms with van der Waals surface area (Å²) >= 11 is 1.58. The number of hydrogen-bond acceptors (Lipinski definition) is 5. The highest BCUT2D eigenvalue weighted by Gasteiger charge is 2.23. The number of para-hydroxylation sites is 1. The number of nitrogens with zero attached hydrogens (tertiary/aromatic N) is 1. The fourth-order valence-corrected chi connectivity index (χ4v) is 2.93. The van der Waals surface area contributed by atoms with Crippen LogP contribution in [0.4, 0.5) is 0 Å². The molecule has 0 aliphatic carbocycles.